The zero-order valence-electron chi connectivity index (χ0n) is 8.18. The summed E-state index contributed by atoms with van der Waals surface area (Å²) in [6.45, 7) is 0.119. The van der Waals surface area contributed by atoms with Crippen LogP contribution in [0.5, 0.6) is 11.5 Å². The highest BCUT2D eigenvalue weighted by Gasteiger charge is 2.14. The van der Waals surface area contributed by atoms with Crippen molar-refractivity contribution >= 4 is 6.29 Å². The first-order valence-corrected chi connectivity index (χ1v) is 4.78. The third-order valence-electron chi connectivity index (χ3n) is 2.36. The molecule has 1 N–H and O–H groups in total. The molecule has 1 aromatic rings. The van der Waals surface area contributed by atoms with Crippen LogP contribution in [0.4, 0.5) is 0 Å². The molecule has 0 radical (unpaired) electrons. The SMILES string of the molecule is O=CC(CO)Cc1ccc2c(c1)OCO2. The Morgan fingerprint density at radius 1 is 1.40 bits per heavy atom. The summed E-state index contributed by atoms with van der Waals surface area (Å²) in [4.78, 5) is 10.6. The normalized spacial score (nSPS) is 15.0. The fourth-order valence-corrected chi connectivity index (χ4v) is 1.53. The maximum atomic E-state index is 10.6. The van der Waals surface area contributed by atoms with Gasteiger partial charge in [0.05, 0.1) is 6.61 Å². The van der Waals surface area contributed by atoms with Crippen molar-refractivity contribution in [2.24, 2.45) is 5.92 Å². The van der Waals surface area contributed by atoms with E-state index < -0.39 is 0 Å². The second-order valence-corrected chi connectivity index (χ2v) is 3.47. The molecule has 0 amide bonds. The van der Waals surface area contributed by atoms with E-state index in [0.717, 1.165) is 17.6 Å². The Labute approximate surface area is 87.4 Å². The molecule has 0 bridgehead atoms. The summed E-state index contributed by atoms with van der Waals surface area (Å²) < 4.78 is 10.4. The molecule has 1 heterocycles. The van der Waals surface area contributed by atoms with Crippen LogP contribution in [0.25, 0.3) is 0 Å². The maximum absolute atomic E-state index is 10.6. The van der Waals surface area contributed by atoms with E-state index in [1.807, 2.05) is 18.2 Å². The number of hydrogen-bond acceptors (Lipinski definition) is 4. The van der Waals surface area contributed by atoms with Gasteiger partial charge in [-0.3, -0.25) is 0 Å². The van der Waals surface area contributed by atoms with Gasteiger partial charge in [-0.1, -0.05) is 6.07 Å². The van der Waals surface area contributed by atoms with Crippen LogP contribution < -0.4 is 9.47 Å². The van der Waals surface area contributed by atoms with Gasteiger partial charge in [0.2, 0.25) is 6.79 Å². The lowest BCUT2D eigenvalue weighted by atomic mass is 10.0. The lowest BCUT2D eigenvalue weighted by Crippen LogP contribution is -2.10. The van der Waals surface area contributed by atoms with Crippen molar-refractivity contribution in [2.45, 2.75) is 6.42 Å². The van der Waals surface area contributed by atoms with Crippen LogP contribution in [0.2, 0.25) is 0 Å². The van der Waals surface area contributed by atoms with Crippen LogP contribution in [0.3, 0.4) is 0 Å². The van der Waals surface area contributed by atoms with E-state index in [4.69, 9.17) is 14.6 Å². The molecule has 0 aromatic heterocycles. The summed E-state index contributed by atoms with van der Waals surface area (Å²) >= 11 is 0. The van der Waals surface area contributed by atoms with Crippen molar-refractivity contribution in [1.29, 1.82) is 0 Å². The average Bonchev–Trinajstić information content (AvgIpc) is 2.73. The highest BCUT2D eigenvalue weighted by molar-refractivity contribution is 5.55. The van der Waals surface area contributed by atoms with Crippen LogP contribution in [0, 0.1) is 5.92 Å². The lowest BCUT2D eigenvalue weighted by molar-refractivity contribution is -0.112. The fourth-order valence-electron chi connectivity index (χ4n) is 1.53. The quantitative estimate of drug-likeness (QED) is 0.742. The first kappa shape index (κ1) is 9.98. The molecule has 1 aliphatic rings. The maximum Gasteiger partial charge on any atom is 0.231 e. The summed E-state index contributed by atoms with van der Waals surface area (Å²) in [7, 11) is 0. The van der Waals surface area contributed by atoms with Crippen LogP contribution in [-0.2, 0) is 11.2 Å². The number of hydrogen-bond donors (Lipinski definition) is 1. The van der Waals surface area contributed by atoms with Crippen LogP contribution in [-0.4, -0.2) is 24.8 Å². The highest BCUT2D eigenvalue weighted by Crippen LogP contribution is 2.32. The molecular formula is C11H12O4. The standard InChI is InChI=1S/C11H12O4/c12-5-9(6-13)3-8-1-2-10-11(4-8)15-7-14-10/h1-2,4-5,9,13H,3,6-7H2. The fraction of sp³-hybridized carbons (Fsp3) is 0.364. The van der Waals surface area contributed by atoms with E-state index >= 15 is 0 Å². The predicted molar refractivity (Wildman–Crippen MR) is 52.9 cm³/mol. The van der Waals surface area contributed by atoms with E-state index in [-0.39, 0.29) is 19.3 Å². The number of aliphatic hydroxyl groups is 1. The Hall–Kier alpha value is -1.55. The Morgan fingerprint density at radius 2 is 2.20 bits per heavy atom. The first-order chi connectivity index (χ1) is 7.33. The van der Waals surface area contributed by atoms with E-state index in [2.05, 4.69) is 0 Å². The second kappa shape index (κ2) is 4.31. The third-order valence-corrected chi connectivity index (χ3v) is 2.36. The molecule has 80 valence electrons. The van der Waals surface area contributed by atoms with Gasteiger partial charge >= 0.3 is 0 Å². The number of fused-ring (bicyclic) bond motifs is 1. The number of ether oxygens (including phenoxy) is 2. The zero-order valence-corrected chi connectivity index (χ0v) is 8.18. The van der Waals surface area contributed by atoms with Gasteiger partial charge in [0.15, 0.2) is 11.5 Å². The number of aliphatic hydroxyl groups excluding tert-OH is 1. The molecule has 15 heavy (non-hydrogen) atoms. The van der Waals surface area contributed by atoms with Crippen molar-refractivity contribution in [3.05, 3.63) is 23.8 Å². The van der Waals surface area contributed by atoms with Gasteiger partial charge in [0.25, 0.3) is 0 Å². The van der Waals surface area contributed by atoms with E-state index in [1.165, 1.54) is 0 Å². The Kier molecular flexibility index (Phi) is 2.87. The monoisotopic (exact) mass is 208 g/mol. The Bertz CT molecular complexity index is 362. The van der Waals surface area contributed by atoms with Gasteiger partial charge in [0.1, 0.15) is 6.29 Å². The van der Waals surface area contributed by atoms with Crippen molar-refractivity contribution in [3.8, 4) is 11.5 Å². The molecule has 0 saturated heterocycles. The molecule has 4 nitrogen and oxygen atoms in total. The average molecular weight is 208 g/mol. The minimum atomic E-state index is -0.342. The smallest absolute Gasteiger partial charge is 0.231 e. The summed E-state index contributed by atoms with van der Waals surface area (Å²) in [6, 6.07) is 5.53. The van der Waals surface area contributed by atoms with Crippen LogP contribution in [0.1, 0.15) is 5.56 Å². The minimum Gasteiger partial charge on any atom is -0.454 e. The second-order valence-electron chi connectivity index (χ2n) is 3.47. The van der Waals surface area contributed by atoms with E-state index in [1.54, 1.807) is 0 Å². The van der Waals surface area contributed by atoms with E-state index in [9.17, 15) is 4.79 Å². The van der Waals surface area contributed by atoms with Gasteiger partial charge in [-0.15, -0.1) is 0 Å². The Morgan fingerprint density at radius 3 is 2.93 bits per heavy atom. The van der Waals surface area contributed by atoms with Crippen molar-refractivity contribution < 1.29 is 19.4 Å². The van der Waals surface area contributed by atoms with Crippen LogP contribution >= 0.6 is 0 Å². The highest BCUT2D eigenvalue weighted by atomic mass is 16.7. The van der Waals surface area contributed by atoms with Gasteiger partial charge < -0.3 is 19.4 Å². The van der Waals surface area contributed by atoms with Gasteiger partial charge in [0, 0.05) is 5.92 Å². The van der Waals surface area contributed by atoms with Crippen molar-refractivity contribution in [3.63, 3.8) is 0 Å². The van der Waals surface area contributed by atoms with Crippen LogP contribution in [0.15, 0.2) is 18.2 Å². The number of carbonyl (C=O) groups excluding carboxylic acids is 1. The molecule has 1 unspecified atom stereocenters. The topological polar surface area (TPSA) is 55.8 Å². The summed E-state index contributed by atoms with van der Waals surface area (Å²) in [5.41, 5.74) is 0.963. The third kappa shape index (κ3) is 2.10. The molecule has 1 aromatic carbocycles. The molecule has 4 heteroatoms. The summed E-state index contributed by atoms with van der Waals surface area (Å²) in [6.07, 6.45) is 1.29. The van der Waals surface area contributed by atoms with E-state index in [0.29, 0.717) is 12.2 Å². The molecule has 2 rings (SSSR count). The molecule has 0 aliphatic carbocycles. The predicted octanol–water partition coefficient (Wildman–Crippen LogP) is 0.765. The largest absolute Gasteiger partial charge is 0.454 e. The van der Waals surface area contributed by atoms with Gasteiger partial charge in [-0.25, -0.2) is 0 Å². The molecule has 0 spiro atoms. The van der Waals surface area contributed by atoms with Crippen molar-refractivity contribution in [1.82, 2.24) is 0 Å². The Balaban J connectivity index is 2.12. The summed E-state index contributed by atoms with van der Waals surface area (Å²) in [5, 5.41) is 8.89. The van der Waals surface area contributed by atoms with Crippen molar-refractivity contribution in [2.75, 3.05) is 13.4 Å². The zero-order chi connectivity index (χ0) is 10.7. The minimum absolute atomic E-state index is 0.127. The number of carbonyl (C=O) groups is 1. The molecule has 1 aliphatic heterocycles. The first-order valence-electron chi connectivity index (χ1n) is 4.78. The molecular weight excluding hydrogens is 196 g/mol. The number of rotatable bonds is 4. The summed E-state index contributed by atoms with van der Waals surface area (Å²) in [5.74, 6) is 1.09. The number of aldehydes is 1. The lowest BCUT2D eigenvalue weighted by Gasteiger charge is -2.06. The van der Waals surface area contributed by atoms with Gasteiger partial charge in [-0.05, 0) is 24.1 Å². The van der Waals surface area contributed by atoms with Gasteiger partial charge in [-0.2, -0.15) is 0 Å². The molecule has 1 atom stereocenters. The number of benzene rings is 1. The molecule has 0 saturated carbocycles. The molecule has 0 fully saturated rings.